The number of piperidine rings is 1. The van der Waals surface area contributed by atoms with Gasteiger partial charge in [-0.25, -0.2) is 9.98 Å². The molecule has 3 aliphatic heterocycles. The van der Waals surface area contributed by atoms with Gasteiger partial charge in [-0.05, 0) is 12.0 Å². The maximum Gasteiger partial charge on any atom is 0.212 e. The molecule has 0 aliphatic carbocycles. The van der Waals surface area contributed by atoms with E-state index in [2.05, 4.69) is 51.2 Å². The monoisotopic (exact) mass is 432 g/mol. The molecule has 2 aromatic carbocycles. The number of aromatic nitrogens is 2. The molecule has 1 spiro atoms. The Balaban J connectivity index is 1.29. The first-order valence-corrected chi connectivity index (χ1v) is 11.4. The quantitative estimate of drug-likeness (QED) is 0.662. The number of imidazole rings is 1. The van der Waals surface area contributed by atoms with Gasteiger partial charge in [-0.15, -0.1) is 0 Å². The summed E-state index contributed by atoms with van der Waals surface area (Å²) in [6.45, 7) is 4.29. The zero-order chi connectivity index (χ0) is 21.5. The summed E-state index contributed by atoms with van der Waals surface area (Å²) in [5.74, 6) is 2.70. The lowest BCUT2D eigenvalue weighted by Crippen LogP contribution is -2.49. The molecule has 32 heavy (non-hydrogen) atoms. The highest BCUT2D eigenvalue weighted by atomic mass is 16.5. The van der Waals surface area contributed by atoms with Gasteiger partial charge in [0.1, 0.15) is 5.66 Å². The van der Waals surface area contributed by atoms with Gasteiger partial charge in [0.15, 0.2) is 17.5 Å². The van der Waals surface area contributed by atoms with E-state index in [-0.39, 0.29) is 0 Å². The van der Waals surface area contributed by atoms with Crippen LogP contribution in [-0.2, 0) is 12.1 Å². The van der Waals surface area contributed by atoms with E-state index in [0.29, 0.717) is 19.2 Å². The fraction of sp³-hybridized carbons (Fsp3) is 0.417. The smallest absolute Gasteiger partial charge is 0.212 e. The van der Waals surface area contributed by atoms with Gasteiger partial charge in [0, 0.05) is 51.0 Å². The van der Waals surface area contributed by atoms with E-state index < -0.39 is 5.66 Å². The number of hydrogen-bond donors (Lipinski definition) is 2. The van der Waals surface area contributed by atoms with Gasteiger partial charge in [-0.3, -0.25) is 9.88 Å². The van der Waals surface area contributed by atoms with Crippen molar-refractivity contribution in [3.05, 3.63) is 48.0 Å². The third-order valence-electron chi connectivity index (χ3n) is 6.72. The number of ether oxygens (including phenoxy) is 2. The number of nitrogens with zero attached hydrogens (tertiary/aromatic N) is 4. The first kappa shape index (κ1) is 19.4. The highest BCUT2D eigenvalue weighted by molar-refractivity contribution is 5.95. The third kappa shape index (κ3) is 3.35. The van der Waals surface area contributed by atoms with E-state index in [0.717, 1.165) is 73.8 Å². The molecule has 6 rings (SSSR count). The van der Waals surface area contributed by atoms with Gasteiger partial charge in [0.05, 0.1) is 24.2 Å². The fourth-order valence-electron chi connectivity index (χ4n) is 5.06. The van der Waals surface area contributed by atoms with Crippen LogP contribution in [0.4, 0.5) is 5.95 Å². The van der Waals surface area contributed by atoms with Crippen molar-refractivity contribution in [2.24, 2.45) is 10.7 Å². The zero-order valence-electron chi connectivity index (χ0n) is 18.1. The van der Waals surface area contributed by atoms with Gasteiger partial charge >= 0.3 is 0 Å². The molecule has 0 saturated carbocycles. The van der Waals surface area contributed by atoms with Crippen molar-refractivity contribution in [3.8, 4) is 11.5 Å². The lowest BCUT2D eigenvalue weighted by atomic mass is 9.95. The minimum Gasteiger partial charge on any atom is -0.489 e. The molecule has 3 N–H and O–H groups in total. The molecule has 166 valence electrons. The number of benzene rings is 2. The fourth-order valence-corrected chi connectivity index (χ4v) is 5.06. The van der Waals surface area contributed by atoms with Gasteiger partial charge in [0.2, 0.25) is 5.95 Å². The SMILES string of the molecule is NC1=NC2(CCN(CCc3ccccc3)CC2)n2c(nc3cc4c(cc32)OCCCO4)N1. The summed E-state index contributed by atoms with van der Waals surface area (Å²) < 4.78 is 14.0. The lowest BCUT2D eigenvalue weighted by molar-refractivity contribution is 0.120. The summed E-state index contributed by atoms with van der Waals surface area (Å²) in [7, 11) is 0. The third-order valence-corrected chi connectivity index (χ3v) is 6.72. The van der Waals surface area contributed by atoms with Crippen molar-refractivity contribution >= 4 is 22.9 Å². The van der Waals surface area contributed by atoms with Crippen LogP contribution < -0.4 is 20.5 Å². The summed E-state index contributed by atoms with van der Waals surface area (Å²) in [5, 5.41) is 3.17. The molecule has 0 amide bonds. The number of hydrogen-bond acceptors (Lipinski definition) is 7. The normalized spacial score (nSPS) is 19.8. The average Bonchev–Trinajstić information content (AvgIpc) is 3.00. The number of rotatable bonds is 3. The summed E-state index contributed by atoms with van der Waals surface area (Å²) in [6.07, 6.45) is 3.71. The van der Waals surface area contributed by atoms with E-state index in [9.17, 15) is 0 Å². The number of likely N-dealkylation sites (tertiary alicyclic amines) is 1. The Morgan fingerprint density at radius 1 is 1.03 bits per heavy atom. The first-order valence-electron chi connectivity index (χ1n) is 11.4. The molecule has 8 heteroatoms. The van der Waals surface area contributed by atoms with Gasteiger partial charge < -0.3 is 20.1 Å². The second kappa shape index (κ2) is 7.70. The van der Waals surface area contributed by atoms with Crippen LogP contribution >= 0.6 is 0 Å². The largest absolute Gasteiger partial charge is 0.489 e. The molecule has 0 atom stereocenters. The molecule has 1 fully saturated rings. The highest BCUT2D eigenvalue weighted by Crippen LogP contribution is 2.43. The number of anilines is 1. The molecule has 0 radical (unpaired) electrons. The summed E-state index contributed by atoms with van der Waals surface area (Å²) >= 11 is 0. The maximum absolute atomic E-state index is 6.21. The number of aliphatic imine (C=N–C) groups is 1. The van der Waals surface area contributed by atoms with Crippen LogP contribution in [0, 0.1) is 0 Å². The van der Waals surface area contributed by atoms with Crippen molar-refractivity contribution in [2.45, 2.75) is 31.3 Å². The van der Waals surface area contributed by atoms with Gasteiger partial charge in [-0.1, -0.05) is 30.3 Å². The Morgan fingerprint density at radius 2 is 1.78 bits per heavy atom. The Morgan fingerprint density at radius 3 is 2.56 bits per heavy atom. The van der Waals surface area contributed by atoms with E-state index in [1.807, 2.05) is 6.07 Å². The van der Waals surface area contributed by atoms with Crippen molar-refractivity contribution in [3.63, 3.8) is 0 Å². The Bertz CT molecular complexity index is 1160. The lowest BCUT2D eigenvalue weighted by Gasteiger charge is -2.42. The number of guanidine groups is 1. The van der Waals surface area contributed by atoms with E-state index in [1.54, 1.807) is 0 Å². The molecule has 1 saturated heterocycles. The molecule has 8 nitrogen and oxygen atoms in total. The second-order valence-corrected chi connectivity index (χ2v) is 8.79. The topological polar surface area (TPSA) is 89.9 Å². The number of nitrogens with one attached hydrogen (secondary N) is 1. The minimum atomic E-state index is -0.428. The number of nitrogens with two attached hydrogens (primary N) is 1. The zero-order valence-corrected chi connectivity index (χ0v) is 18.1. The average molecular weight is 433 g/mol. The van der Waals surface area contributed by atoms with Gasteiger partial charge in [-0.2, -0.15) is 0 Å². The summed E-state index contributed by atoms with van der Waals surface area (Å²) in [5.41, 5.74) is 9.03. The van der Waals surface area contributed by atoms with Crippen LogP contribution in [0.15, 0.2) is 47.5 Å². The molecule has 3 aliphatic rings. The Kier molecular flexibility index (Phi) is 4.68. The second-order valence-electron chi connectivity index (χ2n) is 8.79. The molecule has 1 aromatic heterocycles. The predicted molar refractivity (Wildman–Crippen MR) is 124 cm³/mol. The number of fused-ring (bicyclic) bond motifs is 5. The van der Waals surface area contributed by atoms with Crippen molar-refractivity contribution in [1.29, 1.82) is 0 Å². The summed E-state index contributed by atoms with van der Waals surface area (Å²) in [4.78, 5) is 12.3. The first-order chi connectivity index (χ1) is 15.7. The van der Waals surface area contributed by atoms with Crippen LogP contribution in [0.5, 0.6) is 11.5 Å². The van der Waals surface area contributed by atoms with Crippen LogP contribution in [0.3, 0.4) is 0 Å². The highest BCUT2D eigenvalue weighted by Gasteiger charge is 2.41. The van der Waals surface area contributed by atoms with Crippen LogP contribution in [-0.4, -0.2) is 53.3 Å². The van der Waals surface area contributed by atoms with E-state index in [1.165, 1.54) is 5.56 Å². The van der Waals surface area contributed by atoms with E-state index >= 15 is 0 Å². The van der Waals surface area contributed by atoms with Gasteiger partial charge in [0.25, 0.3) is 0 Å². The standard InChI is InChI=1S/C24H28N6O2/c25-22-27-23-26-18-15-20-21(32-14-4-13-31-20)16-19(18)30(23)24(28-22)8-11-29(12-9-24)10-7-17-5-2-1-3-6-17/h1-3,5-6,15-16H,4,7-14H2,(H3,25,26,27,28). The van der Waals surface area contributed by atoms with Crippen LogP contribution in [0.2, 0.25) is 0 Å². The summed E-state index contributed by atoms with van der Waals surface area (Å²) in [6, 6.07) is 14.7. The van der Waals surface area contributed by atoms with E-state index in [4.69, 9.17) is 25.2 Å². The van der Waals surface area contributed by atoms with Crippen molar-refractivity contribution in [2.75, 3.05) is 38.2 Å². The molecule has 4 heterocycles. The van der Waals surface area contributed by atoms with Crippen LogP contribution in [0.25, 0.3) is 11.0 Å². The van der Waals surface area contributed by atoms with Crippen molar-refractivity contribution < 1.29 is 9.47 Å². The Hall–Kier alpha value is -3.26. The molecule has 0 bridgehead atoms. The predicted octanol–water partition coefficient (Wildman–Crippen LogP) is 2.93. The van der Waals surface area contributed by atoms with Crippen molar-refractivity contribution in [1.82, 2.24) is 14.5 Å². The maximum atomic E-state index is 6.21. The van der Waals surface area contributed by atoms with Crippen LogP contribution in [0.1, 0.15) is 24.8 Å². The minimum absolute atomic E-state index is 0.428. The molecular formula is C24H28N6O2. The molecule has 0 unspecified atom stereocenters. The molecular weight excluding hydrogens is 404 g/mol. The molecule has 3 aromatic rings. The Labute approximate surface area is 187 Å².